The van der Waals surface area contributed by atoms with E-state index in [2.05, 4.69) is 0 Å². The Balaban J connectivity index is 3.35. The molecule has 0 aliphatic carbocycles. The molecule has 1 N–H and O–H groups in total. The summed E-state index contributed by atoms with van der Waals surface area (Å²) >= 11 is 5.51. The van der Waals surface area contributed by atoms with Crippen molar-refractivity contribution in [2.24, 2.45) is 0 Å². The van der Waals surface area contributed by atoms with Gasteiger partial charge in [-0.15, -0.1) is 11.6 Å². The Morgan fingerprint density at radius 1 is 1.53 bits per heavy atom. The lowest BCUT2D eigenvalue weighted by Gasteiger charge is -2.07. The van der Waals surface area contributed by atoms with Crippen LogP contribution in [0.4, 0.5) is 4.39 Å². The number of carbonyl (C=O) groups is 1. The lowest BCUT2D eigenvalue weighted by molar-refractivity contribution is -0.136. The first-order valence-corrected chi connectivity index (χ1v) is 4.61. The molecule has 0 saturated carbocycles. The van der Waals surface area contributed by atoms with Crippen molar-refractivity contribution in [3.63, 3.8) is 0 Å². The number of hydrogen-bond donors (Lipinski definition) is 1. The molecule has 15 heavy (non-hydrogen) atoms. The summed E-state index contributed by atoms with van der Waals surface area (Å²) in [5.74, 6) is -1.85. The lowest BCUT2D eigenvalue weighted by atomic mass is 9.99. The summed E-state index contributed by atoms with van der Waals surface area (Å²) in [5, 5.41) is 17.4. The molecular formula is C10H7ClFNO2. The molecule has 0 fully saturated rings. The minimum atomic E-state index is -1.12. The second-order valence-corrected chi connectivity index (χ2v) is 3.14. The average Bonchev–Trinajstić information content (AvgIpc) is 2.18. The Kier molecular flexibility index (Phi) is 3.64. The molecule has 0 aromatic heterocycles. The van der Waals surface area contributed by atoms with Gasteiger partial charge >= 0.3 is 5.97 Å². The van der Waals surface area contributed by atoms with Crippen LogP contribution in [0.5, 0.6) is 0 Å². The van der Waals surface area contributed by atoms with Crippen LogP contribution in [0.1, 0.15) is 16.7 Å². The van der Waals surface area contributed by atoms with E-state index < -0.39 is 18.2 Å². The van der Waals surface area contributed by atoms with Gasteiger partial charge in [0.05, 0.1) is 23.9 Å². The standard InChI is InChI=1S/C10H7ClFNO2/c11-4-8-7(3-10(14)15)6(5-13)1-2-9(8)12/h1-2H,3-4H2,(H,14,15). The molecule has 0 atom stereocenters. The molecule has 0 unspecified atom stereocenters. The monoisotopic (exact) mass is 227 g/mol. The lowest BCUT2D eigenvalue weighted by Crippen LogP contribution is -2.07. The van der Waals surface area contributed by atoms with Gasteiger partial charge in [-0.3, -0.25) is 4.79 Å². The van der Waals surface area contributed by atoms with Gasteiger partial charge < -0.3 is 5.11 Å². The van der Waals surface area contributed by atoms with E-state index in [0.29, 0.717) is 0 Å². The number of benzene rings is 1. The second kappa shape index (κ2) is 4.76. The Morgan fingerprint density at radius 3 is 2.67 bits per heavy atom. The van der Waals surface area contributed by atoms with Crippen LogP contribution in [0.15, 0.2) is 12.1 Å². The van der Waals surface area contributed by atoms with E-state index in [9.17, 15) is 9.18 Å². The van der Waals surface area contributed by atoms with E-state index in [-0.39, 0.29) is 22.6 Å². The van der Waals surface area contributed by atoms with Gasteiger partial charge in [-0.2, -0.15) is 5.26 Å². The van der Waals surface area contributed by atoms with Gasteiger partial charge in [-0.25, -0.2) is 4.39 Å². The summed E-state index contributed by atoms with van der Waals surface area (Å²) in [7, 11) is 0. The molecule has 0 aliphatic heterocycles. The van der Waals surface area contributed by atoms with E-state index in [1.165, 1.54) is 6.07 Å². The third kappa shape index (κ3) is 2.45. The van der Waals surface area contributed by atoms with Gasteiger partial charge in [-0.05, 0) is 17.7 Å². The van der Waals surface area contributed by atoms with Gasteiger partial charge in [0, 0.05) is 5.56 Å². The Morgan fingerprint density at radius 2 is 2.20 bits per heavy atom. The number of aliphatic carboxylic acids is 1. The van der Waals surface area contributed by atoms with E-state index >= 15 is 0 Å². The number of carboxylic acids is 1. The summed E-state index contributed by atoms with van der Waals surface area (Å²) in [6.45, 7) is 0. The molecule has 0 bridgehead atoms. The van der Waals surface area contributed by atoms with Crippen molar-refractivity contribution in [2.45, 2.75) is 12.3 Å². The zero-order valence-corrected chi connectivity index (χ0v) is 8.38. The predicted molar refractivity (Wildman–Crippen MR) is 52.0 cm³/mol. The van der Waals surface area contributed by atoms with Crippen LogP contribution in [0, 0.1) is 17.1 Å². The van der Waals surface area contributed by atoms with Crippen LogP contribution in [-0.2, 0) is 17.1 Å². The molecule has 1 rings (SSSR count). The first-order valence-electron chi connectivity index (χ1n) is 4.08. The molecule has 5 heteroatoms. The average molecular weight is 228 g/mol. The molecule has 0 heterocycles. The number of nitrogens with zero attached hydrogens (tertiary/aromatic N) is 1. The molecule has 0 radical (unpaired) electrons. The highest BCUT2D eigenvalue weighted by Crippen LogP contribution is 2.20. The Labute approximate surface area is 90.7 Å². The van der Waals surface area contributed by atoms with Crippen molar-refractivity contribution in [1.82, 2.24) is 0 Å². The fraction of sp³-hybridized carbons (Fsp3) is 0.200. The third-order valence-electron chi connectivity index (χ3n) is 1.96. The third-order valence-corrected chi connectivity index (χ3v) is 2.22. The summed E-state index contributed by atoms with van der Waals surface area (Å²) in [6.07, 6.45) is -0.400. The second-order valence-electron chi connectivity index (χ2n) is 2.87. The van der Waals surface area contributed by atoms with Crippen LogP contribution in [0.2, 0.25) is 0 Å². The first kappa shape index (κ1) is 11.5. The van der Waals surface area contributed by atoms with Crippen molar-refractivity contribution in [3.05, 3.63) is 34.6 Å². The van der Waals surface area contributed by atoms with Gasteiger partial charge in [0.2, 0.25) is 0 Å². The molecule has 0 amide bonds. The number of carboxylic acid groups (broad SMARTS) is 1. The fourth-order valence-electron chi connectivity index (χ4n) is 1.27. The van der Waals surface area contributed by atoms with E-state index in [4.69, 9.17) is 22.0 Å². The molecule has 1 aromatic rings. The van der Waals surface area contributed by atoms with Crippen LogP contribution in [-0.4, -0.2) is 11.1 Å². The summed E-state index contributed by atoms with van der Waals surface area (Å²) in [4.78, 5) is 10.5. The normalized spacial score (nSPS) is 9.67. The van der Waals surface area contributed by atoms with Crippen molar-refractivity contribution < 1.29 is 14.3 Å². The number of halogens is 2. The first-order chi connectivity index (χ1) is 7.10. The van der Waals surface area contributed by atoms with Crippen LogP contribution < -0.4 is 0 Å². The number of nitriles is 1. The maximum atomic E-state index is 13.2. The molecule has 1 aromatic carbocycles. The van der Waals surface area contributed by atoms with Gasteiger partial charge in [-0.1, -0.05) is 0 Å². The molecule has 0 spiro atoms. The topological polar surface area (TPSA) is 61.1 Å². The van der Waals surface area contributed by atoms with Crippen molar-refractivity contribution in [1.29, 1.82) is 5.26 Å². The summed E-state index contributed by atoms with van der Waals surface area (Å²) in [6, 6.07) is 4.18. The Hall–Kier alpha value is -1.60. The highest BCUT2D eigenvalue weighted by Gasteiger charge is 2.15. The minimum absolute atomic E-state index is 0.0816. The van der Waals surface area contributed by atoms with Gasteiger partial charge in [0.25, 0.3) is 0 Å². The zero-order chi connectivity index (χ0) is 11.4. The van der Waals surface area contributed by atoms with E-state index in [1.54, 1.807) is 0 Å². The van der Waals surface area contributed by atoms with Crippen molar-refractivity contribution in [2.75, 3.05) is 0 Å². The van der Waals surface area contributed by atoms with Gasteiger partial charge in [0.15, 0.2) is 0 Å². The number of alkyl halides is 1. The Bertz CT molecular complexity index is 440. The molecular weight excluding hydrogens is 221 g/mol. The molecule has 0 aliphatic rings. The number of hydrogen-bond acceptors (Lipinski definition) is 2. The number of rotatable bonds is 3. The maximum absolute atomic E-state index is 13.2. The zero-order valence-electron chi connectivity index (χ0n) is 7.63. The van der Waals surface area contributed by atoms with E-state index in [0.717, 1.165) is 6.07 Å². The molecule has 78 valence electrons. The minimum Gasteiger partial charge on any atom is -0.481 e. The smallest absolute Gasteiger partial charge is 0.307 e. The largest absolute Gasteiger partial charge is 0.481 e. The summed E-state index contributed by atoms with van der Waals surface area (Å²) in [5.41, 5.74) is 0.382. The molecule has 0 saturated heterocycles. The highest BCUT2D eigenvalue weighted by molar-refractivity contribution is 6.17. The van der Waals surface area contributed by atoms with Crippen LogP contribution >= 0.6 is 11.6 Å². The predicted octanol–water partition coefficient (Wildman–Crippen LogP) is 2.06. The van der Waals surface area contributed by atoms with Gasteiger partial charge in [0.1, 0.15) is 5.82 Å². The maximum Gasteiger partial charge on any atom is 0.307 e. The van der Waals surface area contributed by atoms with Crippen LogP contribution in [0.25, 0.3) is 0 Å². The van der Waals surface area contributed by atoms with E-state index in [1.807, 2.05) is 6.07 Å². The highest BCUT2D eigenvalue weighted by atomic mass is 35.5. The fourth-order valence-corrected chi connectivity index (χ4v) is 1.56. The quantitative estimate of drug-likeness (QED) is 0.804. The SMILES string of the molecule is N#Cc1ccc(F)c(CCl)c1CC(=O)O. The van der Waals surface area contributed by atoms with Crippen molar-refractivity contribution >= 4 is 17.6 Å². The van der Waals surface area contributed by atoms with Crippen molar-refractivity contribution in [3.8, 4) is 6.07 Å². The summed E-state index contributed by atoms with van der Waals surface area (Å²) < 4.78 is 13.2. The molecule has 3 nitrogen and oxygen atoms in total. The van der Waals surface area contributed by atoms with Crippen LogP contribution in [0.3, 0.4) is 0 Å².